The maximum Gasteiger partial charge on any atom is 0.264 e. The smallest absolute Gasteiger partial charge is 0.264 e. The van der Waals surface area contributed by atoms with Crippen molar-refractivity contribution in [3.05, 3.63) is 210 Å². The van der Waals surface area contributed by atoms with Gasteiger partial charge in [-0.15, -0.1) is 11.3 Å². The summed E-state index contributed by atoms with van der Waals surface area (Å²) >= 11 is 1.99. The minimum absolute atomic E-state index is 0.000324. The molecule has 10 aromatic carbocycles. The van der Waals surface area contributed by atoms with Crippen LogP contribution in [0.4, 0.5) is 34.1 Å². The molecule has 82 heavy (non-hydrogen) atoms. The Kier molecular flexibility index (Phi) is 10.1. The van der Waals surface area contributed by atoms with Crippen LogP contribution in [-0.2, 0) is 21.7 Å². The van der Waals surface area contributed by atoms with Crippen molar-refractivity contribution in [3.63, 3.8) is 0 Å². The lowest BCUT2D eigenvalue weighted by molar-refractivity contribution is 0.590. The maximum absolute atomic E-state index is 2.67. The topological polar surface area (TPSA) is 16.3 Å². The molecule has 0 atom stereocenters. The molecule has 0 amide bonds. The first-order chi connectivity index (χ1) is 39.2. The monoisotopic (exact) mass is 1080 g/mol. The third kappa shape index (κ3) is 6.91. The van der Waals surface area contributed by atoms with Crippen molar-refractivity contribution in [2.45, 2.75) is 105 Å². The fourth-order valence-electron chi connectivity index (χ4n) is 14.4. The molecule has 400 valence electrons. The van der Waals surface area contributed by atoms with Crippen LogP contribution in [-0.4, -0.2) is 15.8 Å². The quantitative estimate of drug-likeness (QED) is 0.163. The van der Waals surface area contributed by atoms with E-state index in [1.165, 1.54) is 148 Å². The molecule has 0 bridgehead atoms. The van der Waals surface area contributed by atoms with Crippen molar-refractivity contribution in [2.75, 3.05) is 9.80 Å². The number of benzene rings is 10. The van der Waals surface area contributed by atoms with Crippen LogP contribution in [0.15, 0.2) is 188 Å². The van der Waals surface area contributed by atoms with Gasteiger partial charge >= 0.3 is 0 Å². The van der Waals surface area contributed by atoms with Gasteiger partial charge in [-0.05, 0) is 168 Å². The van der Waals surface area contributed by atoms with Crippen LogP contribution >= 0.6 is 11.3 Å². The van der Waals surface area contributed by atoms with Gasteiger partial charge in [0.15, 0.2) is 0 Å². The molecule has 3 aliphatic rings. The van der Waals surface area contributed by atoms with Crippen molar-refractivity contribution in [2.24, 2.45) is 0 Å². The number of rotatable bonds is 4. The van der Waals surface area contributed by atoms with Gasteiger partial charge in [0.1, 0.15) is 0 Å². The Morgan fingerprint density at radius 1 is 0.354 bits per heavy atom. The zero-order chi connectivity index (χ0) is 56.3. The number of fused-ring (bicyclic) bond motifs is 7. The van der Waals surface area contributed by atoms with Crippen LogP contribution in [0.2, 0.25) is 0 Å². The second-order valence-corrected chi connectivity index (χ2v) is 28.9. The summed E-state index contributed by atoms with van der Waals surface area (Å²) in [6, 6.07) is 73.3. The Balaban J connectivity index is 1.08. The Morgan fingerprint density at radius 2 is 0.854 bits per heavy atom. The first-order valence-corrected chi connectivity index (χ1v) is 30.3. The van der Waals surface area contributed by atoms with Crippen molar-refractivity contribution >= 4 is 132 Å². The largest absolute Gasteiger partial charge is 0.311 e. The molecule has 4 nitrogen and oxygen atoms in total. The summed E-state index contributed by atoms with van der Waals surface area (Å²) in [6.07, 6.45) is 0. The summed E-state index contributed by atoms with van der Waals surface area (Å²) in [4.78, 5) is 5.29. The number of thiophene rings is 1. The Bertz CT molecular complexity index is 4890. The van der Waals surface area contributed by atoms with Gasteiger partial charge in [0.05, 0.1) is 33.4 Å². The molecule has 0 N–H and O–H groups in total. The van der Waals surface area contributed by atoms with Crippen LogP contribution in [0.25, 0.3) is 87.0 Å². The van der Waals surface area contributed by atoms with Gasteiger partial charge in [0.2, 0.25) is 0 Å². The molecule has 0 spiro atoms. The van der Waals surface area contributed by atoms with Crippen LogP contribution in [0.3, 0.4) is 0 Å². The van der Waals surface area contributed by atoms with Gasteiger partial charge < -0.3 is 18.9 Å². The lowest BCUT2D eigenvalue weighted by atomic mass is 9.36. The molecule has 2 aliphatic heterocycles. The third-order valence-electron chi connectivity index (χ3n) is 18.6. The Morgan fingerprint density at radius 3 is 1.49 bits per heavy atom. The lowest BCUT2D eigenvalue weighted by Gasteiger charge is -2.44. The van der Waals surface area contributed by atoms with E-state index in [2.05, 4.69) is 290 Å². The highest BCUT2D eigenvalue weighted by molar-refractivity contribution is 7.33. The van der Waals surface area contributed by atoms with Crippen molar-refractivity contribution in [1.29, 1.82) is 0 Å². The zero-order valence-corrected chi connectivity index (χ0v) is 50.0. The number of aromatic nitrogens is 2. The van der Waals surface area contributed by atoms with E-state index in [0.29, 0.717) is 0 Å². The molecule has 1 aliphatic carbocycles. The summed E-state index contributed by atoms with van der Waals surface area (Å²) in [6.45, 7) is 28.0. The predicted molar refractivity (Wildman–Crippen MR) is 356 cm³/mol. The zero-order valence-electron chi connectivity index (χ0n) is 49.2. The van der Waals surface area contributed by atoms with E-state index >= 15 is 0 Å². The van der Waals surface area contributed by atoms with Crippen LogP contribution in [0, 0.1) is 0 Å². The number of anilines is 6. The standard InChI is InChI=1S/C76H67BN4S/c1-73(2,3)45-25-31-50(32-26-45)78-57-36-29-48(76(10,11)12)41-56(57)77-70-62(78)42-52(43-63(70)81(51-33-27-46(28-34-51)74(4,5)6)71-55-40-47(75(7,8)9)30-39-64(55)82-72(71)77)80-59-35-24-44-18-16-21-53-54-22-17-23-58-66(54)68-60(79(58)49-19-14-13-15-20-49)37-38-61(80)69(68)67(59)65(44)53/h13-43H,1-12H3. The molecule has 0 radical (unpaired) electrons. The Hall–Kier alpha value is -8.32. The van der Waals surface area contributed by atoms with Gasteiger partial charge in [-0.2, -0.15) is 0 Å². The average molecular weight is 1080 g/mol. The van der Waals surface area contributed by atoms with Crippen LogP contribution in [0.5, 0.6) is 0 Å². The highest BCUT2D eigenvalue weighted by Crippen LogP contribution is 2.54. The SMILES string of the molecule is CC(C)(C)c1ccc(N2c3ccc(C(C)(C)C)cc3B3c4sc5ccc(C(C)(C)C)cc5c4N(c4ccc(C(C)(C)C)cc4)c4cc(-n5c6ccc7cccc8c7c6c6c7c9c-8cccc9n(-c8ccccc8)c7ccc65)cc2c43)cc1. The van der Waals surface area contributed by atoms with E-state index < -0.39 is 0 Å². The summed E-state index contributed by atoms with van der Waals surface area (Å²) in [5.74, 6) is 0. The van der Waals surface area contributed by atoms with E-state index in [1.807, 2.05) is 11.3 Å². The van der Waals surface area contributed by atoms with Gasteiger partial charge in [0, 0.05) is 70.5 Å². The predicted octanol–water partition coefficient (Wildman–Crippen LogP) is 19.5. The summed E-state index contributed by atoms with van der Waals surface area (Å²) in [5.41, 5.74) is 24.9. The average Bonchev–Trinajstić information content (AvgIpc) is 1.49. The number of hydrogen-bond acceptors (Lipinski definition) is 3. The van der Waals surface area contributed by atoms with Gasteiger partial charge in [0.25, 0.3) is 6.71 Å². The summed E-state index contributed by atoms with van der Waals surface area (Å²) in [5, 5.41) is 9.13. The van der Waals surface area contributed by atoms with E-state index in [1.54, 1.807) is 0 Å². The highest BCUT2D eigenvalue weighted by Gasteiger charge is 2.46. The molecule has 16 rings (SSSR count). The van der Waals surface area contributed by atoms with Gasteiger partial charge in [-0.25, -0.2) is 0 Å². The van der Waals surface area contributed by atoms with Crippen molar-refractivity contribution in [3.8, 4) is 22.5 Å². The second kappa shape index (κ2) is 16.7. The number of nitrogens with zero attached hydrogens (tertiary/aromatic N) is 4. The van der Waals surface area contributed by atoms with Crippen molar-refractivity contribution in [1.82, 2.24) is 9.13 Å². The van der Waals surface area contributed by atoms with Crippen molar-refractivity contribution < 1.29 is 0 Å². The molecule has 0 fully saturated rings. The molecule has 3 aromatic heterocycles. The molecule has 0 saturated heterocycles. The minimum Gasteiger partial charge on any atom is -0.311 e. The van der Waals surface area contributed by atoms with E-state index in [9.17, 15) is 0 Å². The van der Waals surface area contributed by atoms with E-state index in [0.717, 1.165) is 11.4 Å². The minimum atomic E-state index is -0.0655. The van der Waals surface area contributed by atoms with E-state index in [4.69, 9.17) is 0 Å². The molecule has 5 heterocycles. The molecule has 13 aromatic rings. The number of hydrogen-bond donors (Lipinski definition) is 0. The molecular formula is C76H67BN4S. The summed E-state index contributed by atoms with van der Waals surface area (Å²) < 4.78 is 7.83. The molecule has 0 unspecified atom stereocenters. The normalized spacial score (nSPS) is 14.0. The maximum atomic E-state index is 2.67. The molecular weight excluding hydrogens is 1010 g/mol. The van der Waals surface area contributed by atoms with Gasteiger partial charge in [-0.3, -0.25) is 0 Å². The first-order valence-electron chi connectivity index (χ1n) is 29.5. The molecule has 0 saturated carbocycles. The Labute approximate surface area is 486 Å². The first kappa shape index (κ1) is 49.5. The lowest BCUT2D eigenvalue weighted by Crippen LogP contribution is -2.60. The highest BCUT2D eigenvalue weighted by atomic mass is 32.1. The molecule has 6 heteroatoms. The fraction of sp³-hybridized carbons (Fsp3) is 0.211. The number of para-hydroxylation sites is 1. The van der Waals surface area contributed by atoms with Crippen LogP contribution < -0.4 is 25.5 Å². The van der Waals surface area contributed by atoms with Gasteiger partial charge in [-0.1, -0.05) is 180 Å². The third-order valence-corrected chi connectivity index (χ3v) is 19.8. The summed E-state index contributed by atoms with van der Waals surface area (Å²) in [7, 11) is 0. The second-order valence-electron chi connectivity index (χ2n) is 27.8. The van der Waals surface area contributed by atoms with Crippen LogP contribution in [0.1, 0.15) is 105 Å². The fourth-order valence-corrected chi connectivity index (χ4v) is 15.7. The van der Waals surface area contributed by atoms with E-state index in [-0.39, 0.29) is 28.4 Å².